The number of rotatable bonds is 5. The highest BCUT2D eigenvalue weighted by atomic mass is 35.5. The fourth-order valence-electron chi connectivity index (χ4n) is 1.29. The van der Waals surface area contributed by atoms with Crippen LogP contribution in [0.3, 0.4) is 0 Å². The van der Waals surface area contributed by atoms with Gasteiger partial charge in [0.05, 0.1) is 17.2 Å². The molecule has 1 rings (SSSR count). The van der Waals surface area contributed by atoms with Crippen LogP contribution in [0.25, 0.3) is 0 Å². The topological polar surface area (TPSA) is 54.4 Å². The minimum Gasteiger partial charge on any atom is -0.481 e. The van der Waals surface area contributed by atoms with Crippen LogP contribution in [-0.4, -0.2) is 20.5 Å². The lowest BCUT2D eigenvalue weighted by Gasteiger charge is -2.10. The second-order valence-corrected chi connectivity index (χ2v) is 5.88. The van der Waals surface area contributed by atoms with Crippen molar-refractivity contribution in [3.05, 3.63) is 34.6 Å². The Morgan fingerprint density at radius 2 is 2.24 bits per heavy atom. The number of hydrogen-bond donors (Lipinski definition) is 1. The number of carbonyl (C=O) groups is 1. The molecule has 6 heteroatoms. The predicted molar refractivity (Wildman–Crippen MR) is 65.0 cm³/mol. The van der Waals surface area contributed by atoms with Crippen molar-refractivity contribution >= 4 is 28.4 Å². The molecule has 0 saturated carbocycles. The lowest BCUT2D eigenvalue weighted by molar-refractivity contribution is -0.136. The number of benzene rings is 1. The molecule has 0 bridgehead atoms. The van der Waals surface area contributed by atoms with Gasteiger partial charge in [0.25, 0.3) is 0 Å². The maximum absolute atomic E-state index is 13.1. The maximum Gasteiger partial charge on any atom is 0.304 e. The summed E-state index contributed by atoms with van der Waals surface area (Å²) in [4.78, 5) is 10.5. The number of halogens is 2. The molecule has 17 heavy (non-hydrogen) atoms. The lowest BCUT2D eigenvalue weighted by Crippen LogP contribution is -2.17. The Kier molecular flexibility index (Phi) is 5.08. The molecular formula is C11H12ClFO3S. The van der Waals surface area contributed by atoms with Gasteiger partial charge in [-0.05, 0) is 11.6 Å². The molecule has 0 radical (unpaired) electrons. The highest BCUT2D eigenvalue weighted by molar-refractivity contribution is 7.84. The number of aliphatic carboxylic acids is 1. The van der Waals surface area contributed by atoms with Crippen molar-refractivity contribution in [3.63, 3.8) is 0 Å². The number of carboxylic acid groups (broad SMARTS) is 1. The summed E-state index contributed by atoms with van der Waals surface area (Å²) >= 11 is 5.72. The zero-order valence-corrected chi connectivity index (χ0v) is 10.7. The first kappa shape index (κ1) is 14.1. The first-order valence-electron chi connectivity index (χ1n) is 4.93. The van der Waals surface area contributed by atoms with E-state index >= 15 is 0 Å². The Morgan fingerprint density at radius 3 is 2.82 bits per heavy atom. The van der Waals surface area contributed by atoms with Gasteiger partial charge in [-0.25, -0.2) is 4.39 Å². The molecule has 0 heterocycles. The Bertz CT molecular complexity index is 450. The van der Waals surface area contributed by atoms with Crippen LogP contribution in [0.1, 0.15) is 18.9 Å². The Morgan fingerprint density at radius 1 is 1.59 bits per heavy atom. The normalized spacial score (nSPS) is 14.3. The molecule has 0 fully saturated rings. The molecule has 2 unspecified atom stereocenters. The van der Waals surface area contributed by atoms with Crippen LogP contribution >= 0.6 is 11.6 Å². The second kappa shape index (κ2) is 6.12. The van der Waals surface area contributed by atoms with Crippen molar-refractivity contribution in [2.75, 3.05) is 0 Å². The largest absolute Gasteiger partial charge is 0.481 e. The molecular weight excluding hydrogens is 267 g/mol. The quantitative estimate of drug-likeness (QED) is 0.901. The highest BCUT2D eigenvalue weighted by Crippen LogP contribution is 2.22. The average molecular weight is 279 g/mol. The molecule has 0 spiro atoms. The molecule has 3 nitrogen and oxygen atoms in total. The van der Waals surface area contributed by atoms with E-state index in [0.717, 1.165) is 0 Å². The van der Waals surface area contributed by atoms with Gasteiger partial charge >= 0.3 is 5.97 Å². The molecule has 0 saturated heterocycles. The van der Waals surface area contributed by atoms with Crippen molar-refractivity contribution < 1.29 is 18.5 Å². The van der Waals surface area contributed by atoms with E-state index in [0.29, 0.717) is 5.56 Å². The van der Waals surface area contributed by atoms with Crippen LogP contribution < -0.4 is 0 Å². The van der Waals surface area contributed by atoms with Crippen molar-refractivity contribution in [1.82, 2.24) is 0 Å². The van der Waals surface area contributed by atoms with Crippen molar-refractivity contribution in [2.45, 2.75) is 24.3 Å². The van der Waals surface area contributed by atoms with E-state index in [4.69, 9.17) is 16.7 Å². The molecule has 94 valence electrons. The van der Waals surface area contributed by atoms with E-state index in [9.17, 15) is 13.4 Å². The molecule has 0 aliphatic carbocycles. The molecule has 1 aromatic rings. The Labute approximate surface area is 106 Å². The zero-order valence-electron chi connectivity index (χ0n) is 9.15. The van der Waals surface area contributed by atoms with Gasteiger partial charge in [-0.2, -0.15) is 0 Å². The average Bonchev–Trinajstić information content (AvgIpc) is 2.23. The van der Waals surface area contributed by atoms with Crippen LogP contribution in [0.2, 0.25) is 5.02 Å². The second-order valence-electron chi connectivity index (χ2n) is 3.65. The Hall–Kier alpha value is -0.940. The van der Waals surface area contributed by atoms with Crippen LogP contribution in [0.5, 0.6) is 0 Å². The highest BCUT2D eigenvalue weighted by Gasteiger charge is 2.17. The van der Waals surface area contributed by atoms with Gasteiger partial charge in [-0.3, -0.25) is 9.00 Å². The van der Waals surface area contributed by atoms with E-state index in [-0.39, 0.29) is 17.2 Å². The SMILES string of the molecule is CC(CC(=O)O)S(=O)Cc1cccc(F)c1Cl. The predicted octanol–water partition coefficient (Wildman–Crippen LogP) is 2.59. The smallest absolute Gasteiger partial charge is 0.304 e. The minimum absolute atomic E-state index is 0.0524. The van der Waals surface area contributed by atoms with Gasteiger partial charge in [0.1, 0.15) is 5.82 Å². The van der Waals surface area contributed by atoms with Gasteiger partial charge < -0.3 is 5.11 Å². The van der Waals surface area contributed by atoms with Gasteiger partial charge in [0, 0.05) is 16.0 Å². The molecule has 0 amide bonds. The standard InChI is InChI=1S/C11H12ClFO3S/c1-7(5-10(14)15)17(16)6-8-3-2-4-9(13)11(8)12/h2-4,7H,5-6H2,1H3,(H,14,15). The van der Waals surface area contributed by atoms with Crippen molar-refractivity contribution in [3.8, 4) is 0 Å². The molecule has 1 aromatic carbocycles. The maximum atomic E-state index is 13.1. The van der Waals surface area contributed by atoms with Gasteiger partial charge in [-0.15, -0.1) is 0 Å². The fourth-order valence-corrected chi connectivity index (χ4v) is 2.73. The minimum atomic E-state index is -1.39. The van der Waals surface area contributed by atoms with Gasteiger partial charge in [-0.1, -0.05) is 30.7 Å². The third-order valence-corrected chi connectivity index (χ3v) is 4.32. The number of carboxylic acids is 1. The summed E-state index contributed by atoms with van der Waals surface area (Å²) in [7, 11) is -1.39. The van der Waals surface area contributed by atoms with E-state index in [2.05, 4.69) is 0 Å². The van der Waals surface area contributed by atoms with Crippen molar-refractivity contribution in [2.24, 2.45) is 0 Å². The number of hydrogen-bond acceptors (Lipinski definition) is 2. The van der Waals surface area contributed by atoms with Crippen LogP contribution in [0.4, 0.5) is 4.39 Å². The Balaban J connectivity index is 2.74. The molecule has 0 aromatic heterocycles. The molecule has 1 N–H and O–H groups in total. The summed E-state index contributed by atoms with van der Waals surface area (Å²) in [6.07, 6.45) is -0.181. The fraction of sp³-hybridized carbons (Fsp3) is 0.364. The first-order valence-corrected chi connectivity index (χ1v) is 6.69. The van der Waals surface area contributed by atoms with Crippen LogP contribution in [0, 0.1) is 5.82 Å². The van der Waals surface area contributed by atoms with Crippen LogP contribution in [0.15, 0.2) is 18.2 Å². The summed E-state index contributed by atoms with van der Waals surface area (Å²) in [5.41, 5.74) is 0.433. The van der Waals surface area contributed by atoms with Gasteiger partial charge in [0.15, 0.2) is 0 Å². The van der Waals surface area contributed by atoms with Crippen LogP contribution in [-0.2, 0) is 21.3 Å². The molecule has 0 aliphatic heterocycles. The van der Waals surface area contributed by atoms with E-state index < -0.39 is 27.8 Å². The van der Waals surface area contributed by atoms with E-state index in [1.165, 1.54) is 12.1 Å². The molecule has 2 atom stereocenters. The third-order valence-electron chi connectivity index (χ3n) is 2.24. The third kappa shape index (κ3) is 4.09. The van der Waals surface area contributed by atoms with E-state index in [1.54, 1.807) is 13.0 Å². The van der Waals surface area contributed by atoms with E-state index in [1.807, 2.05) is 0 Å². The summed E-state index contributed by atoms with van der Waals surface area (Å²) < 4.78 is 24.9. The lowest BCUT2D eigenvalue weighted by atomic mass is 10.2. The summed E-state index contributed by atoms with van der Waals surface area (Å²) in [5, 5.41) is 8.03. The first-order chi connectivity index (χ1) is 7.91. The zero-order chi connectivity index (χ0) is 13.0. The summed E-state index contributed by atoms with van der Waals surface area (Å²) in [6, 6.07) is 4.28. The molecule has 0 aliphatic rings. The monoisotopic (exact) mass is 278 g/mol. The summed E-state index contributed by atoms with van der Waals surface area (Å²) in [5.74, 6) is -1.51. The summed E-state index contributed by atoms with van der Waals surface area (Å²) in [6.45, 7) is 1.58. The van der Waals surface area contributed by atoms with Crippen molar-refractivity contribution in [1.29, 1.82) is 0 Å². The van der Waals surface area contributed by atoms with Gasteiger partial charge in [0.2, 0.25) is 0 Å².